The van der Waals surface area contributed by atoms with Gasteiger partial charge in [-0.2, -0.15) is 0 Å². The lowest BCUT2D eigenvalue weighted by Crippen LogP contribution is -2.43. The summed E-state index contributed by atoms with van der Waals surface area (Å²) in [6, 6.07) is 6.58. The molecule has 0 saturated carbocycles. The first kappa shape index (κ1) is 15.1. The number of piperidine rings is 3. The zero-order valence-corrected chi connectivity index (χ0v) is 14.4. The fourth-order valence-electron chi connectivity index (χ4n) is 4.13. The molecule has 4 heterocycles. The van der Waals surface area contributed by atoms with Gasteiger partial charge in [-0.3, -0.25) is 4.90 Å². The molecular formula is C20H26N2O. The third-order valence-electron chi connectivity index (χ3n) is 5.52. The van der Waals surface area contributed by atoms with Gasteiger partial charge in [-0.15, -0.1) is 0 Å². The van der Waals surface area contributed by atoms with Gasteiger partial charge in [0.1, 0.15) is 5.75 Å². The van der Waals surface area contributed by atoms with Crippen LogP contribution in [0.1, 0.15) is 37.4 Å². The van der Waals surface area contributed by atoms with E-state index in [2.05, 4.69) is 55.1 Å². The number of aromatic nitrogens is 1. The zero-order valence-electron chi connectivity index (χ0n) is 14.4. The molecule has 2 bridgehead atoms. The highest BCUT2D eigenvalue weighted by Gasteiger charge is 2.38. The molecule has 0 amide bonds. The molecule has 0 N–H and O–H groups in total. The molecule has 3 aliphatic rings. The molecule has 0 aliphatic carbocycles. The molecule has 0 atom stereocenters. The van der Waals surface area contributed by atoms with Gasteiger partial charge >= 0.3 is 0 Å². The van der Waals surface area contributed by atoms with E-state index < -0.39 is 0 Å². The lowest BCUT2D eigenvalue weighted by atomic mass is 9.75. The van der Waals surface area contributed by atoms with Crippen LogP contribution in [0.25, 0.3) is 10.9 Å². The summed E-state index contributed by atoms with van der Waals surface area (Å²) >= 11 is 0. The van der Waals surface area contributed by atoms with Crippen molar-refractivity contribution in [1.29, 1.82) is 0 Å². The van der Waals surface area contributed by atoms with Crippen LogP contribution in [0.3, 0.4) is 0 Å². The minimum atomic E-state index is 0.736. The molecule has 1 aromatic carbocycles. The third-order valence-corrected chi connectivity index (χ3v) is 5.52. The Morgan fingerprint density at radius 2 is 2.00 bits per heavy atom. The summed E-state index contributed by atoms with van der Waals surface area (Å²) < 4.78 is 8.15. The van der Waals surface area contributed by atoms with E-state index in [0.717, 1.165) is 24.7 Å². The topological polar surface area (TPSA) is 17.4 Å². The second-order valence-corrected chi connectivity index (χ2v) is 6.94. The second-order valence-electron chi connectivity index (χ2n) is 6.94. The molecule has 0 spiro atoms. The first-order chi connectivity index (χ1) is 11.2. The van der Waals surface area contributed by atoms with Gasteiger partial charge in [-0.1, -0.05) is 6.92 Å². The Bertz CT molecular complexity index is 710. The molecule has 122 valence electrons. The van der Waals surface area contributed by atoms with Crippen molar-refractivity contribution in [3.8, 4) is 5.75 Å². The number of nitrogens with zero attached hydrogens (tertiary/aromatic N) is 2. The third kappa shape index (κ3) is 2.46. The molecule has 5 rings (SSSR count). The molecule has 3 saturated heterocycles. The summed E-state index contributed by atoms with van der Waals surface area (Å²) in [7, 11) is 2.17. The van der Waals surface area contributed by atoms with Crippen molar-refractivity contribution in [3.05, 3.63) is 41.9 Å². The SMILES string of the molecule is CCCOc1ccc2c([C]3[CH]N4CCC3CC4)c(C)n(C)c2c1. The molecule has 3 heteroatoms. The smallest absolute Gasteiger partial charge is 0.121 e. The fraction of sp³-hybridized carbons (Fsp3) is 0.500. The van der Waals surface area contributed by atoms with Gasteiger partial charge in [0.25, 0.3) is 0 Å². The average Bonchev–Trinajstić information content (AvgIpc) is 2.85. The number of benzene rings is 1. The van der Waals surface area contributed by atoms with Crippen LogP contribution in [0.2, 0.25) is 0 Å². The van der Waals surface area contributed by atoms with Gasteiger partial charge in [0, 0.05) is 36.7 Å². The number of hydrogen-bond acceptors (Lipinski definition) is 2. The molecule has 0 unspecified atom stereocenters. The van der Waals surface area contributed by atoms with E-state index in [1.54, 1.807) is 5.92 Å². The van der Waals surface area contributed by atoms with Gasteiger partial charge in [0.15, 0.2) is 0 Å². The monoisotopic (exact) mass is 310 g/mol. The van der Waals surface area contributed by atoms with Crippen molar-refractivity contribution in [2.45, 2.75) is 33.1 Å². The predicted molar refractivity (Wildman–Crippen MR) is 94.4 cm³/mol. The van der Waals surface area contributed by atoms with Gasteiger partial charge in [0.05, 0.1) is 12.1 Å². The molecule has 3 nitrogen and oxygen atoms in total. The maximum atomic E-state index is 5.83. The van der Waals surface area contributed by atoms with Crippen LogP contribution in [-0.2, 0) is 7.05 Å². The lowest BCUT2D eigenvalue weighted by Gasteiger charge is -2.44. The summed E-state index contributed by atoms with van der Waals surface area (Å²) in [5.74, 6) is 3.27. The molecule has 2 aromatic rings. The zero-order chi connectivity index (χ0) is 16.0. The van der Waals surface area contributed by atoms with Crippen LogP contribution < -0.4 is 4.74 Å². The van der Waals surface area contributed by atoms with Crippen molar-refractivity contribution in [2.75, 3.05) is 19.7 Å². The maximum absolute atomic E-state index is 5.83. The van der Waals surface area contributed by atoms with Crippen LogP contribution in [0.5, 0.6) is 5.75 Å². The Kier molecular flexibility index (Phi) is 3.84. The quantitative estimate of drug-likeness (QED) is 0.846. The molecule has 3 fully saturated rings. The molecule has 23 heavy (non-hydrogen) atoms. The highest BCUT2D eigenvalue weighted by Crippen LogP contribution is 2.45. The summed E-state index contributed by atoms with van der Waals surface area (Å²) in [6.07, 6.45) is 3.65. The van der Waals surface area contributed by atoms with E-state index >= 15 is 0 Å². The maximum Gasteiger partial charge on any atom is 0.121 e. The van der Waals surface area contributed by atoms with Crippen LogP contribution >= 0.6 is 0 Å². The number of aryl methyl sites for hydroxylation is 1. The highest BCUT2D eigenvalue weighted by molar-refractivity contribution is 5.89. The molecular weight excluding hydrogens is 284 g/mol. The lowest BCUT2D eigenvalue weighted by molar-refractivity contribution is 0.179. The molecule has 1 aromatic heterocycles. The fourth-order valence-corrected chi connectivity index (χ4v) is 4.13. The predicted octanol–water partition coefficient (Wildman–Crippen LogP) is 4.09. The van der Waals surface area contributed by atoms with Crippen LogP contribution in [0.15, 0.2) is 18.2 Å². The highest BCUT2D eigenvalue weighted by atomic mass is 16.5. The van der Waals surface area contributed by atoms with Crippen molar-refractivity contribution in [2.24, 2.45) is 13.0 Å². The Morgan fingerprint density at radius 3 is 2.65 bits per heavy atom. The Morgan fingerprint density at radius 1 is 1.22 bits per heavy atom. The standard InChI is InChI=1S/C20H26N2O/c1-4-11-23-16-5-6-17-19(12-16)21(3)14(2)20(17)18-13-22-9-7-15(18)8-10-22/h5-6,12-13,15H,4,7-11H2,1-3H3. The van der Waals surface area contributed by atoms with Crippen molar-refractivity contribution in [3.63, 3.8) is 0 Å². The average molecular weight is 310 g/mol. The van der Waals surface area contributed by atoms with E-state index in [1.165, 1.54) is 48.1 Å². The van der Waals surface area contributed by atoms with Crippen LogP contribution in [-0.4, -0.2) is 29.2 Å². The number of rotatable bonds is 4. The molecule has 3 aliphatic heterocycles. The number of hydrogen-bond donors (Lipinski definition) is 0. The summed E-state index contributed by atoms with van der Waals surface area (Å²) in [6.45, 7) is 10.1. The summed E-state index contributed by atoms with van der Waals surface area (Å²) in [5, 5.41) is 1.37. The van der Waals surface area contributed by atoms with E-state index in [4.69, 9.17) is 4.74 Å². The Hall–Kier alpha value is -1.48. The Labute approximate surface area is 139 Å². The van der Waals surface area contributed by atoms with E-state index in [1.807, 2.05) is 0 Å². The first-order valence-corrected chi connectivity index (χ1v) is 8.87. The number of ether oxygens (including phenoxy) is 1. The normalized spacial score (nSPS) is 24.5. The Balaban J connectivity index is 1.76. The second kappa shape index (κ2) is 5.86. The van der Waals surface area contributed by atoms with Gasteiger partial charge in [-0.25, -0.2) is 0 Å². The number of fused-ring (bicyclic) bond motifs is 4. The first-order valence-electron chi connectivity index (χ1n) is 8.87. The summed E-state index contributed by atoms with van der Waals surface area (Å²) in [5.41, 5.74) is 4.11. The van der Waals surface area contributed by atoms with E-state index in [9.17, 15) is 0 Å². The minimum Gasteiger partial charge on any atom is -0.494 e. The minimum absolute atomic E-state index is 0.736. The van der Waals surface area contributed by atoms with Crippen molar-refractivity contribution in [1.82, 2.24) is 9.47 Å². The van der Waals surface area contributed by atoms with Gasteiger partial charge in [-0.05, 0) is 62.9 Å². The van der Waals surface area contributed by atoms with Crippen LogP contribution in [0, 0.1) is 25.3 Å². The largest absolute Gasteiger partial charge is 0.494 e. The summed E-state index contributed by atoms with van der Waals surface area (Å²) in [4.78, 5) is 2.49. The van der Waals surface area contributed by atoms with Crippen LogP contribution in [0.4, 0.5) is 0 Å². The van der Waals surface area contributed by atoms with Gasteiger partial charge in [0.2, 0.25) is 0 Å². The van der Waals surface area contributed by atoms with Crippen molar-refractivity contribution < 1.29 is 4.74 Å². The molecule has 2 radical (unpaired) electrons. The van der Waals surface area contributed by atoms with Crippen molar-refractivity contribution >= 4 is 10.9 Å². The van der Waals surface area contributed by atoms with E-state index in [0.29, 0.717) is 0 Å². The van der Waals surface area contributed by atoms with E-state index in [-0.39, 0.29) is 0 Å². The van der Waals surface area contributed by atoms with Gasteiger partial charge < -0.3 is 9.30 Å².